The third kappa shape index (κ3) is 3.23. The van der Waals surface area contributed by atoms with Gasteiger partial charge < -0.3 is 10.2 Å². The van der Waals surface area contributed by atoms with Crippen molar-refractivity contribution in [2.45, 2.75) is 32.7 Å². The maximum atomic E-state index is 11.0. The molecule has 0 spiro atoms. The minimum absolute atomic E-state index is 0.00640. The van der Waals surface area contributed by atoms with Crippen LogP contribution in [0.5, 0.6) is 0 Å². The molecule has 0 saturated carbocycles. The van der Waals surface area contributed by atoms with Gasteiger partial charge in [-0.3, -0.25) is 14.9 Å². The van der Waals surface area contributed by atoms with Crippen LogP contribution >= 0.6 is 0 Å². The highest BCUT2D eigenvalue weighted by Gasteiger charge is 2.22. The molecule has 0 radical (unpaired) electrons. The van der Waals surface area contributed by atoms with E-state index in [2.05, 4.69) is 15.2 Å². The lowest BCUT2D eigenvalue weighted by Crippen LogP contribution is -2.44. The van der Waals surface area contributed by atoms with Crippen LogP contribution < -0.4 is 10.2 Å². The van der Waals surface area contributed by atoms with Gasteiger partial charge in [-0.25, -0.2) is 4.98 Å². The molecule has 1 amide bonds. The summed E-state index contributed by atoms with van der Waals surface area (Å²) in [7, 11) is 0. The Labute approximate surface area is 117 Å². The van der Waals surface area contributed by atoms with E-state index in [0.717, 1.165) is 37.3 Å². The molecule has 1 aliphatic heterocycles. The number of piperidine rings is 1. The molecule has 7 nitrogen and oxygen atoms in total. The van der Waals surface area contributed by atoms with Crippen molar-refractivity contribution in [3.05, 3.63) is 27.9 Å². The van der Waals surface area contributed by atoms with Crippen LogP contribution in [0.1, 0.15) is 25.3 Å². The highest BCUT2D eigenvalue weighted by molar-refractivity contribution is 5.73. The number of nitrogens with zero attached hydrogens (tertiary/aromatic N) is 3. The maximum absolute atomic E-state index is 11.0. The van der Waals surface area contributed by atoms with Crippen molar-refractivity contribution in [3.8, 4) is 0 Å². The van der Waals surface area contributed by atoms with Crippen LogP contribution in [-0.4, -0.2) is 34.9 Å². The lowest BCUT2D eigenvalue weighted by Gasteiger charge is -2.33. The molecule has 1 aliphatic rings. The van der Waals surface area contributed by atoms with E-state index in [1.54, 1.807) is 6.07 Å². The maximum Gasteiger partial charge on any atom is 0.287 e. The number of nitrogens with one attached hydrogen (secondary N) is 1. The standard InChI is InChI=1S/C13H18N4O3/c1-9-7-12(17(19)20)8-14-13(9)16-5-3-11(4-6-16)15-10(2)18/h7-8,11H,3-6H2,1-2H3,(H,15,18). The molecule has 2 heterocycles. The van der Waals surface area contributed by atoms with E-state index in [1.165, 1.54) is 13.1 Å². The van der Waals surface area contributed by atoms with Gasteiger partial charge in [-0.15, -0.1) is 0 Å². The smallest absolute Gasteiger partial charge is 0.287 e. The van der Waals surface area contributed by atoms with Crippen LogP contribution in [0.4, 0.5) is 11.5 Å². The number of aryl methyl sites for hydroxylation is 1. The molecule has 1 aromatic heterocycles. The van der Waals surface area contributed by atoms with Crippen molar-refractivity contribution < 1.29 is 9.72 Å². The summed E-state index contributed by atoms with van der Waals surface area (Å²) in [6.45, 7) is 4.93. The summed E-state index contributed by atoms with van der Waals surface area (Å²) >= 11 is 0. The number of anilines is 1. The Hall–Kier alpha value is -2.18. The van der Waals surface area contributed by atoms with Crippen molar-refractivity contribution in [2.24, 2.45) is 0 Å². The highest BCUT2D eigenvalue weighted by Crippen LogP contribution is 2.24. The van der Waals surface area contributed by atoms with Crippen LogP contribution in [0.2, 0.25) is 0 Å². The zero-order valence-electron chi connectivity index (χ0n) is 11.6. The normalized spacial score (nSPS) is 16.0. The monoisotopic (exact) mass is 278 g/mol. The van der Waals surface area contributed by atoms with Crippen LogP contribution in [0.25, 0.3) is 0 Å². The average Bonchev–Trinajstić information content (AvgIpc) is 2.39. The van der Waals surface area contributed by atoms with Gasteiger partial charge in [0.2, 0.25) is 5.91 Å². The number of pyridine rings is 1. The van der Waals surface area contributed by atoms with Gasteiger partial charge >= 0.3 is 0 Å². The molecule has 0 unspecified atom stereocenters. The molecule has 0 aliphatic carbocycles. The molecule has 0 aromatic carbocycles. The van der Waals surface area contributed by atoms with Gasteiger partial charge in [0.25, 0.3) is 5.69 Å². The van der Waals surface area contributed by atoms with Crippen molar-refractivity contribution in [1.29, 1.82) is 0 Å². The fourth-order valence-corrected chi connectivity index (χ4v) is 2.51. The summed E-state index contributed by atoms with van der Waals surface area (Å²) in [6.07, 6.45) is 3.01. The lowest BCUT2D eigenvalue weighted by atomic mass is 10.0. The Morgan fingerprint density at radius 3 is 2.65 bits per heavy atom. The zero-order valence-corrected chi connectivity index (χ0v) is 11.6. The molecule has 108 valence electrons. The predicted molar refractivity (Wildman–Crippen MR) is 74.7 cm³/mol. The van der Waals surface area contributed by atoms with E-state index in [-0.39, 0.29) is 17.6 Å². The molecule has 0 bridgehead atoms. The molecular formula is C13H18N4O3. The SMILES string of the molecule is CC(=O)NC1CCN(c2ncc([N+](=O)[O-])cc2C)CC1. The van der Waals surface area contributed by atoms with Crippen LogP contribution in [0.15, 0.2) is 12.3 Å². The predicted octanol–water partition coefficient (Wildman–Crippen LogP) is 1.40. The summed E-state index contributed by atoms with van der Waals surface area (Å²) in [5.41, 5.74) is 0.816. The molecule has 1 N–H and O–H groups in total. The number of rotatable bonds is 3. The van der Waals surface area contributed by atoms with E-state index in [1.807, 2.05) is 6.92 Å². The van der Waals surface area contributed by atoms with Gasteiger partial charge in [0.05, 0.1) is 4.92 Å². The first kappa shape index (κ1) is 14.2. The largest absolute Gasteiger partial charge is 0.356 e. The lowest BCUT2D eigenvalue weighted by molar-refractivity contribution is -0.385. The van der Waals surface area contributed by atoms with Crippen LogP contribution in [0.3, 0.4) is 0 Å². The number of hydrogen-bond donors (Lipinski definition) is 1. The van der Waals surface area contributed by atoms with Crippen LogP contribution in [0, 0.1) is 17.0 Å². The minimum atomic E-state index is -0.438. The highest BCUT2D eigenvalue weighted by atomic mass is 16.6. The Kier molecular flexibility index (Phi) is 4.16. The molecular weight excluding hydrogens is 260 g/mol. The van der Waals surface area contributed by atoms with Crippen molar-refractivity contribution in [3.63, 3.8) is 0 Å². The van der Waals surface area contributed by atoms with Gasteiger partial charge in [0.1, 0.15) is 12.0 Å². The summed E-state index contributed by atoms with van der Waals surface area (Å²) < 4.78 is 0. The molecule has 2 rings (SSSR count). The molecule has 20 heavy (non-hydrogen) atoms. The topological polar surface area (TPSA) is 88.4 Å². The molecule has 7 heteroatoms. The first-order valence-electron chi connectivity index (χ1n) is 6.60. The Morgan fingerprint density at radius 2 is 2.15 bits per heavy atom. The second-order valence-corrected chi connectivity index (χ2v) is 5.05. The first-order chi connectivity index (χ1) is 9.47. The molecule has 0 atom stereocenters. The Morgan fingerprint density at radius 1 is 1.50 bits per heavy atom. The summed E-state index contributed by atoms with van der Waals surface area (Å²) in [6, 6.07) is 1.75. The van der Waals surface area contributed by atoms with E-state index >= 15 is 0 Å². The van der Waals surface area contributed by atoms with Crippen molar-refractivity contribution in [1.82, 2.24) is 10.3 Å². The van der Waals surface area contributed by atoms with Gasteiger partial charge in [0.15, 0.2) is 0 Å². The van der Waals surface area contributed by atoms with Gasteiger partial charge in [-0.1, -0.05) is 0 Å². The van der Waals surface area contributed by atoms with Crippen LogP contribution in [-0.2, 0) is 4.79 Å². The number of aromatic nitrogens is 1. The third-order valence-electron chi connectivity index (χ3n) is 3.45. The van der Waals surface area contributed by atoms with Crippen molar-refractivity contribution in [2.75, 3.05) is 18.0 Å². The van der Waals surface area contributed by atoms with Gasteiger partial charge in [0, 0.05) is 32.1 Å². The van der Waals surface area contributed by atoms with Crippen molar-refractivity contribution >= 4 is 17.4 Å². The van der Waals surface area contributed by atoms with Gasteiger partial charge in [-0.2, -0.15) is 0 Å². The second kappa shape index (κ2) is 5.85. The van der Waals surface area contributed by atoms with E-state index in [4.69, 9.17) is 0 Å². The number of amides is 1. The quantitative estimate of drug-likeness (QED) is 0.667. The third-order valence-corrected chi connectivity index (χ3v) is 3.45. The number of hydrogen-bond acceptors (Lipinski definition) is 5. The van der Waals surface area contributed by atoms with Gasteiger partial charge in [-0.05, 0) is 25.3 Å². The molecule has 1 aromatic rings. The minimum Gasteiger partial charge on any atom is -0.356 e. The zero-order chi connectivity index (χ0) is 14.7. The number of carbonyl (C=O) groups is 1. The summed E-state index contributed by atoms with van der Waals surface area (Å²) in [4.78, 5) is 27.6. The first-order valence-corrected chi connectivity index (χ1v) is 6.60. The molecule has 1 fully saturated rings. The fourth-order valence-electron chi connectivity index (χ4n) is 2.51. The Bertz CT molecular complexity index is 524. The van der Waals surface area contributed by atoms with E-state index < -0.39 is 4.92 Å². The average molecular weight is 278 g/mol. The Balaban J connectivity index is 2.03. The molecule has 1 saturated heterocycles. The number of carbonyl (C=O) groups excluding carboxylic acids is 1. The second-order valence-electron chi connectivity index (χ2n) is 5.05. The summed E-state index contributed by atoms with van der Waals surface area (Å²) in [5.74, 6) is 0.782. The van der Waals surface area contributed by atoms with E-state index in [0.29, 0.717) is 0 Å². The summed E-state index contributed by atoms with van der Waals surface area (Å²) in [5, 5.41) is 13.6. The fraction of sp³-hybridized carbons (Fsp3) is 0.538. The number of nitro groups is 1. The van der Waals surface area contributed by atoms with E-state index in [9.17, 15) is 14.9 Å².